The highest BCUT2D eigenvalue weighted by Gasteiger charge is 2.40. The van der Waals surface area contributed by atoms with Crippen molar-refractivity contribution in [2.24, 2.45) is 5.92 Å². The number of fused-ring (bicyclic) bond motifs is 1. The molecule has 3 aromatic rings. The standard InChI is InChI=1S/C29H34N2O2/c1-29(26-12-5-6-17-30-26,28(32)24-8-3-2-4-9-24)16-20-31-18-13-22(14-19-31)25-11-7-10-23-15-21-33-27(23)25/h5-7,10-13,15,17,21,24H,2-4,8-9,14,16,18-20H2,1H3. The van der Waals surface area contributed by atoms with Gasteiger partial charge in [-0.1, -0.05) is 49.6 Å². The van der Waals surface area contributed by atoms with Crippen LogP contribution in [0, 0.1) is 5.92 Å². The van der Waals surface area contributed by atoms with Crippen molar-refractivity contribution in [2.75, 3.05) is 19.6 Å². The lowest BCUT2D eigenvalue weighted by Crippen LogP contribution is -2.42. The van der Waals surface area contributed by atoms with Crippen LogP contribution in [-0.4, -0.2) is 35.3 Å². The van der Waals surface area contributed by atoms with Crippen molar-refractivity contribution in [1.82, 2.24) is 9.88 Å². The minimum Gasteiger partial charge on any atom is -0.464 e. The first-order chi connectivity index (χ1) is 16.1. The molecule has 2 aliphatic rings. The summed E-state index contributed by atoms with van der Waals surface area (Å²) < 4.78 is 5.76. The fourth-order valence-electron chi connectivity index (χ4n) is 5.67. The van der Waals surface area contributed by atoms with E-state index in [1.807, 2.05) is 30.5 Å². The Hall–Kier alpha value is -2.72. The molecular formula is C29H34N2O2. The van der Waals surface area contributed by atoms with E-state index in [1.54, 1.807) is 6.26 Å². The molecule has 1 atom stereocenters. The van der Waals surface area contributed by atoms with Gasteiger partial charge in [0.1, 0.15) is 11.4 Å². The van der Waals surface area contributed by atoms with Gasteiger partial charge in [-0.15, -0.1) is 0 Å². The zero-order valence-corrected chi connectivity index (χ0v) is 19.6. The summed E-state index contributed by atoms with van der Waals surface area (Å²) in [5, 5.41) is 1.16. The number of carbonyl (C=O) groups excluding carboxylic acids is 1. The van der Waals surface area contributed by atoms with Gasteiger partial charge in [-0.2, -0.15) is 0 Å². The Kier molecular flexibility index (Phi) is 6.45. The van der Waals surface area contributed by atoms with E-state index in [-0.39, 0.29) is 5.92 Å². The first kappa shape index (κ1) is 22.1. The first-order valence-electron chi connectivity index (χ1n) is 12.5. The number of para-hydroxylation sites is 1. The molecule has 0 N–H and O–H groups in total. The molecule has 1 aromatic carbocycles. The summed E-state index contributed by atoms with van der Waals surface area (Å²) in [7, 11) is 0. The number of Topliss-reactive ketones (excluding diaryl/α,β-unsaturated/α-hetero) is 1. The number of benzene rings is 1. The molecule has 1 saturated carbocycles. The molecule has 33 heavy (non-hydrogen) atoms. The molecule has 1 unspecified atom stereocenters. The maximum absolute atomic E-state index is 13.7. The second-order valence-corrected chi connectivity index (χ2v) is 9.92. The summed E-state index contributed by atoms with van der Waals surface area (Å²) in [4.78, 5) is 20.9. The number of ketones is 1. The summed E-state index contributed by atoms with van der Waals surface area (Å²) in [5.41, 5.74) is 3.96. The number of hydrogen-bond donors (Lipinski definition) is 0. The Morgan fingerprint density at radius 3 is 2.76 bits per heavy atom. The molecule has 0 saturated heterocycles. The highest BCUT2D eigenvalue weighted by molar-refractivity contribution is 5.91. The van der Waals surface area contributed by atoms with Gasteiger partial charge < -0.3 is 4.42 Å². The molecule has 5 rings (SSSR count). The molecule has 0 bridgehead atoms. The van der Waals surface area contributed by atoms with Gasteiger partial charge in [-0.25, -0.2) is 0 Å². The van der Waals surface area contributed by atoms with Crippen LogP contribution in [-0.2, 0) is 10.2 Å². The van der Waals surface area contributed by atoms with E-state index in [4.69, 9.17) is 4.42 Å². The minimum absolute atomic E-state index is 0.187. The molecule has 1 fully saturated rings. The lowest BCUT2D eigenvalue weighted by atomic mass is 9.70. The zero-order valence-electron chi connectivity index (χ0n) is 19.6. The lowest BCUT2D eigenvalue weighted by Gasteiger charge is -2.35. The summed E-state index contributed by atoms with van der Waals surface area (Å²) >= 11 is 0. The number of carbonyl (C=O) groups is 1. The molecule has 1 aliphatic heterocycles. The normalized spacial score (nSPS) is 19.8. The van der Waals surface area contributed by atoms with Crippen LogP contribution in [0.2, 0.25) is 0 Å². The molecule has 0 amide bonds. The Bertz CT molecular complexity index is 1130. The average molecular weight is 443 g/mol. The second-order valence-electron chi connectivity index (χ2n) is 9.92. The van der Waals surface area contributed by atoms with E-state index in [0.717, 1.165) is 62.0 Å². The third-order valence-corrected chi connectivity index (χ3v) is 7.80. The van der Waals surface area contributed by atoms with Crippen LogP contribution in [0.4, 0.5) is 0 Å². The van der Waals surface area contributed by atoms with Crippen molar-refractivity contribution in [3.05, 3.63) is 72.3 Å². The largest absolute Gasteiger partial charge is 0.464 e. The van der Waals surface area contributed by atoms with Crippen molar-refractivity contribution in [3.8, 4) is 0 Å². The van der Waals surface area contributed by atoms with Gasteiger partial charge in [0.2, 0.25) is 0 Å². The average Bonchev–Trinajstić information content (AvgIpc) is 3.37. The fourth-order valence-corrected chi connectivity index (χ4v) is 5.67. The van der Waals surface area contributed by atoms with Gasteiger partial charge >= 0.3 is 0 Å². The van der Waals surface area contributed by atoms with Crippen LogP contribution in [0.1, 0.15) is 63.1 Å². The Labute approximate surface area is 196 Å². The van der Waals surface area contributed by atoms with E-state index in [1.165, 1.54) is 30.4 Å². The monoisotopic (exact) mass is 442 g/mol. The molecule has 2 aromatic heterocycles. The third kappa shape index (κ3) is 4.54. The van der Waals surface area contributed by atoms with Crippen molar-refractivity contribution in [1.29, 1.82) is 0 Å². The Morgan fingerprint density at radius 2 is 2.00 bits per heavy atom. The smallest absolute Gasteiger partial charge is 0.147 e. The van der Waals surface area contributed by atoms with Crippen LogP contribution < -0.4 is 0 Å². The number of pyridine rings is 1. The van der Waals surface area contributed by atoms with Gasteiger partial charge in [-0.05, 0) is 62.9 Å². The van der Waals surface area contributed by atoms with Gasteiger partial charge in [0.25, 0.3) is 0 Å². The van der Waals surface area contributed by atoms with E-state index in [9.17, 15) is 4.79 Å². The van der Waals surface area contributed by atoms with Crippen molar-refractivity contribution < 1.29 is 9.21 Å². The van der Waals surface area contributed by atoms with E-state index >= 15 is 0 Å². The van der Waals surface area contributed by atoms with E-state index in [0.29, 0.717) is 5.78 Å². The van der Waals surface area contributed by atoms with Crippen molar-refractivity contribution >= 4 is 22.3 Å². The number of aromatic nitrogens is 1. The van der Waals surface area contributed by atoms with Gasteiger partial charge in [-0.3, -0.25) is 14.7 Å². The molecule has 0 radical (unpaired) electrons. The molecule has 1 aliphatic carbocycles. The van der Waals surface area contributed by atoms with Crippen LogP contribution >= 0.6 is 0 Å². The molecule has 4 nitrogen and oxygen atoms in total. The number of hydrogen-bond acceptors (Lipinski definition) is 4. The van der Waals surface area contributed by atoms with Crippen molar-refractivity contribution in [3.63, 3.8) is 0 Å². The Balaban J connectivity index is 1.30. The molecular weight excluding hydrogens is 408 g/mol. The molecule has 0 spiro atoms. The van der Waals surface area contributed by atoms with Crippen molar-refractivity contribution in [2.45, 2.75) is 57.3 Å². The summed E-state index contributed by atoms with van der Waals surface area (Å²) in [6.45, 7) is 4.94. The third-order valence-electron chi connectivity index (χ3n) is 7.80. The minimum atomic E-state index is -0.521. The SMILES string of the molecule is CC(CCN1CC=C(c2cccc3ccoc23)CC1)(C(=O)C1CCCCC1)c1ccccn1. The fraction of sp³-hybridized carbons (Fsp3) is 0.448. The quantitative estimate of drug-likeness (QED) is 0.424. The van der Waals surface area contributed by atoms with Crippen LogP contribution in [0.5, 0.6) is 0 Å². The number of furan rings is 1. The lowest BCUT2D eigenvalue weighted by molar-refractivity contribution is -0.129. The predicted octanol–water partition coefficient (Wildman–Crippen LogP) is 6.41. The van der Waals surface area contributed by atoms with Gasteiger partial charge in [0.05, 0.1) is 17.4 Å². The predicted molar refractivity (Wildman–Crippen MR) is 133 cm³/mol. The van der Waals surface area contributed by atoms with Crippen LogP contribution in [0.15, 0.2) is 65.4 Å². The molecule has 4 heteroatoms. The first-order valence-corrected chi connectivity index (χ1v) is 12.5. The summed E-state index contributed by atoms with van der Waals surface area (Å²) in [6, 6.07) is 14.4. The maximum Gasteiger partial charge on any atom is 0.147 e. The molecule has 3 heterocycles. The van der Waals surface area contributed by atoms with Gasteiger partial charge in [0, 0.05) is 36.2 Å². The highest BCUT2D eigenvalue weighted by Crippen LogP contribution is 2.36. The second kappa shape index (κ2) is 9.64. The Morgan fingerprint density at radius 1 is 1.12 bits per heavy atom. The maximum atomic E-state index is 13.7. The molecule has 172 valence electrons. The summed E-state index contributed by atoms with van der Waals surface area (Å²) in [5.74, 6) is 0.589. The van der Waals surface area contributed by atoms with Gasteiger partial charge in [0.15, 0.2) is 0 Å². The van der Waals surface area contributed by atoms with E-state index in [2.05, 4.69) is 41.1 Å². The number of nitrogens with zero attached hydrogens (tertiary/aromatic N) is 2. The van der Waals surface area contributed by atoms with Crippen LogP contribution in [0.25, 0.3) is 16.5 Å². The number of rotatable bonds is 7. The van der Waals surface area contributed by atoms with E-state index < -0.39 is 5.41 Å². The topological polar surface area (TPSA) is 46.3 Å². The highest BCUT2D eigenvalue weighted by atomic mass is 16.3. The van der Waals surface area contributed by atoms with Crippen LogP contribution in [0.3, 0.4) is 0 Å². The summed E-state index contributed by atoms with van der Waals surface area (Å²) in [6.07, 6.45) is 13.4. The zero-order chi connectivity index (χ0) is 22.7.